The predicted octanol–water partition coefficient (Wildman–Crippen LogP) is 6.18. The van der Waals surface area contributed by atoms with Crippen LogP contribution in [-0.4, -0.2) is 4.68 Å². The molecule has 1 aromatic heterocycles. The van der Waals surface area contributed by atoms with E-state index in [0.29, 0.717) is 0 Å². The Morgan fingerprint density at radius 2 is 1.24 bits per heavy atom. The maximum Gasteiger partial charge on any atom is 0.205 e. The van der Waals surface area contributed by atoms with Gasteiger partial charge in [-0.05, 0) is 72.7 Å². The van der Waals surface area contributed by atoms with Crippen molar-refractivity contribution in [1.82, 2.24) is 4.68 Å². The molecule has 29 heavy (non-hydrogen) atoms. The van der Waals surface area contributed by atoms with Crippen LogP contribution in [0.15, 0.2) is 66.7 Å². The molecule has 0 aliphatic heterocycles. The van der Waals surface area contributed by atoms with Crippen molar-refractivity contribution in [2.75, 3.05) is 0 Å². The SMILES string of the molecule is Cc1cc(-n2c(C)cc(C)[n+]2C)c(C)c(C)c1-c1ccc(-c2ccccc2)cc1. The minimum Gasteiger partial charge on any atom is -0.125 e. The van der Waals surface area contributed by atoms with Crippen molar-refractivity contribution in [1.29, 1.82) is 0 Å². The van der Waals surface area contributed by atoms with Crippen molar-refractivity contribution in [2.45, 2.75) is 34.6 Å². The van der Waals surface area contributed by atoms with Crippen molar-refractivity contribution in [3.05, 3.63) is 94.8 Å². The fourth-order valence-electron chi connectivity index (χ4n) is 4.39. The van der Waals surface area contributed by atoms with Gasteiger partial charge in [0.25, 0.3) is 0 Å². The van der Waals surface area contributed by atoms with Gasteiger partial charge in [0.1, 0.15) is 5.69 Å². The Morgan fingerprint density at radius 3 is 1.83 bits per heavy atom. The molecule has 2 heteroatoms. The minimum atomic E-state index is 1.25. The number of aromatic nitrogens is 2. The maximum atomic E-state index is 2.33. The largest absolute Gasteiger partial charge is 0.205 e. The van der Waals surface area contributed by atoms with Gasteiger partial charge in [0.2, 0.25) is 5.69 Å². The molecule has 0 atom stereocenters. The second-order valence-electron chi connectivity index (χ2n) is 8.04. The molecule has 4 rings (SSSR count). The summed E-state index contributed by atoms with van der Waals surface area (Å²) < 4.78 is 4.54. The molecular formula is C27H29N2+. The summed E-state index contributed by atoms with van der Waals surface area (Å²) in [4.78, 5) is 0. The first-order chi connectivity index (χ1) is 13.9. The first-order valence-electron chi connectivity index (χ1n) is 10.2. The normalized spacial score (nSPS) is 11.1. The Balaban J connectivity index is 1.81. The third-order valence-corrected chi connectivity index (χ3v) is 6.14. The van der Waals surface area contributed by atoms with Gasteiger partial charge in [-0.3, -0.25) is 0 Å². The Hall–Kier alpha value is -3.13. The fourth-order valence-corrected chi connectivity index (χ4v) is 4.39. The third kappa shape index (κ3) is 3.29. The summed E-state index contributed by atoms with van der Waals surface area (Å²) in [5.74, 6) is 0. The molecule has 4 aromatic rings. The van der Waals surface area contributed by atoms with Crippen LogP contribution in [0.4, 0.5) is 0 Å². The molecule has 1 heterocycles. The van der Waals surface area contributed by atoms with Gasteiger partial charge in [-0.2, -0.15) is 0 Å². The van der Waals surface area contributed by atoms with E-state index in [-0.39, 0.29) is 0 Å². The summed E-state index contributed by atoms with van der Waals surface area (Å²) in [5, 5.41) is 0. The highest BCUT2D eigenvalue weighted by Gasteiger charge is 2.20. The Morgan fingerprint density at radius 1 is 0.655 bits per heavy atom. The second kappa shape index (κ2) is 7.36. The predicted molar refractivity (Wildman–Crippen MR) is 122 cm³/mol. The molecule has 2 nitrogen and oxygen atoms in total. The quantitative estimate of drug-likeness (QED) is 0.375. The van der Waals surface area contributed by atoms with E-state index in [0.717, 1.165) is 0 Å². The van der Waals surface area contributed by atoms with E-state index < -0.39 is 0 Å². The van der Waals surface area contributed by atoms with Gasteiger partial charge < -0.3 is 0 Å². The van der Waals surface area contributed by atoms with Gasteiger partial charge in [-0.1, -0.05) is 54.6 Å². The van der Waals surface area contributed by atoms with Gasteiger partial charge in [-0.15, -0.1) is 9.36 Å². The van der Waals surface area contributed by atoms with Crippen LogP contribution in [0.5, 0.6) is 0 Å². The van der Waals surface area contributed by atoms with E-state index in [1.54, 1.807) is 0 Å². The summed E-state index contributed by atoms with van der Waals surface area (Å²) in [5.41, 5.74) is 12.9. The first kappa shape index (κ1) is 19.2. The number of rotatable bonds is 3. The van der Waals surface area contributed by atoms with Crippen molar-refractivity contribution >= 4 is 0 Å². The summed E-state index contributed by atoms with van der Waals surface area (Å²) in [6.45, 7) is 11.0. The number of benzene rings is 3. The smallest absolute Gasteiger partial charge is 0.125 e. The van der Waals surface area contributed by atoms with Crippen LogP contribution in [0, 0.1) is 34.6 Å². The zero-order valence-electron chi connectivity index (χ0n) is 18.2. The van der Waals surface area contributed by atoms with Crippen LogP contribution >= 0.6 is 0 Å². The van der Waals surface area contributed by atoms with Crippen molar-refractivity contribution in [2.24, 2.45) is 7.05 Å². The van der Waals surface area contributed by atoms with Crippen LogP contribution in [0.25, 0.3) is 27.9 Å². The highest BCUT2D eigenvalue weighted by Crippen LogP contribution is 2.34. The highest BCUT2D eigenvalue weighted by molar-refractivity contribution is 5.77. The standard InChI is InChI=1S/C27H29N2/c1-18-16-26(29-20(3)17-19(2)28(29)6)21(4)22(5)27(18)25-14-12-24(13-15-25)23-10-8-7-9-11-23/h7-17H,1-6H3/q+1. The minimum absolute atomic E-state index is 1.25. The summed E-state index contributed by atoms with van der Waals surface area (Å²) in [6.07, 6.45) is 0. The van der Waals surface area contributed by atoms with Gasteiger partial charge >= 0.3 is 0 Å². The molecule has 0 radical (unpaired) electrons. The lowest BCUT2D eigenvalue weighted by molar-refractivity contribution is -0.749. The number of hydrogen-bond acceptors (Lipinski definition) is 0. The summed E-state index contributed by atoms with van der Waals surface area (Å²) in [7, 11) is 2.13. The molecule has 3 aromatic carbocycles. The average molecular weight is 382 g/mol. The van der Waals surface area contributed by atoms with Gasteiger partial charge in [0, 0.05) is 13.0 Å². The van der Waals surface area contributed by atoms with Gasteiger partial charge in [-0.25, -0.2) is 0 Å². The highest BCUT2D eigenvalue weighted by atomic mass is 15.4. The summed E-state index contributed by atoms with van der Waals surface area (Å²) in [6, 6.07) is 24.1. The Labute approximate surface area is 174 Å². The van der Waals surface area contributed by atoms with E-state index in [2.05, 4.69) is 118 Å². The monoisotopic (exact) mass is 381 g/mol. The topological polar surface area (TPSA) is 8.81 Å². The molecule has 0 bridgehead atoms. The Kier molecular flexibility index (Phi) is 4.87. The summed E-state index contributed by atoms with van der Waals surface area (Å²) >= 11 is 0. The van der Waals surface area contributed by atoms with Crippen molar-refractivity contribution in [3.63, 3.8) is 0 Å². The zero-order valence-corrected chi connectivity index (χ0v) is 18.2. The molecule has 0 aliphatic carbocycles. The fraction of sp³-hybridized carbons (Fsp3) is 0.222. The zero-order chi connectivity index (χ0) is 20.7. The molecule has 0 saturated carbocycles. The lowest BCUT2D eigenvalue weighted by Crippen LogP contribution is -2.41. The number of hydrogen-bond donors (Lipinski definition) is 0. The van der Waals surface area contributed by atoms with Crippen LogP contribution in [0.2, 0.25) is 0 Å². The van der Waals surface area contributed by atoms with E-state index in [1.807, 2.05) is 0 Å². The Bertz CT molecular complexity index is 1180. The van der Waals surface area contributed by atoms with Crippen LogP contribution < -0.4 is 4.68 Å². The van der Waals surface area contributed by atoms with E-state index >= 15 is 0 Å². The van der Waals surface area contributed by atoms with Crippen LogP contribution in [-0.2, 0) is 7.05 Å². The lowest BCUT2D eigenvalue weighted by atomic mass is 9.90. The van der Waals surface area contributed by atoms with Gasteiger partial charge in [0.05, 0.1) is 5.69 Å². The number of nitrogens with zero attached hydrogens (tertiary/aromatic N) is 2. The molecule has 0 unspecified atom stereocenters. The van der Waals surface area contributed by atoms with Crippen molar-refractivity contribution < 1.29 is 4.68 Å². The van der Waals surface area contributed by atoms with E-state index in [4.69, 9.17) is 0 Å². The van der Waals surface area contributed by atoms with Crippen LogP contribution in [0.1, 0.15) is 28.1 Å². The molecular weight excluding hydrogens is 352 g/mol. The first-order valence-corrected chi connectivity index (χ1v) is 10.2. The van der Waals surface area contributed by atoms with E-state index in [1.165, 1.54) is 56.0 Å². The average Bonchev–Trinajstić information content (AvgIpc) is 2.98. The third-order valence-electron chi connectivity index (χ3n) is 6.14. The van der Waals surface area contributed by atoms with Gasteiger partial charge in [0.15, 0.2) is 7.05 Å². The molecule has 0 spiro atoms. The molecule has 146 valence electrons. The maximum absolute atomic E-state index is 2.33. The second-order valence-corrected chi connectivity index (χ2v) is 8.04. The lowest BCUT2D eigenvalue weighted by Gasteiger charge is -2.17. The molecule has 0 fully saturated rings. The molecule has 0 N–H and O–H groups in total. The number of aryl methyl sites for hydroxylation is 3. The molecule has 0 amide bonds. The van der Waals surface area contributed by atoms with Crippen molar-refractivity contribution in [3.8, 4) is 27.9 Å². The van der Waals surface area contributed by atoms with Crippen LogP contribution in [0.3, 0.4) is 0 Å². The molecule has 0 saturated heterocycles. The molecule has 0 aliphatic rings. The van der Waals surface area contributed by atoms with E-state index in [9.17, 15) is 0 Å².